The Morgan fingerprint density at radius 3 is 2.96 bits per heavy atom. The fourth-order valence-electron chi connectivity index (χ4n) is 3.71. The highest BCUT2D eigenvalue weighted by Gasteiger charge is 2.29. The number of carbonyl (C=O) groups is 1. The number of ether oxygens (including phenoxy) is 3. The van der Waals surface area contributed by atoms with E-state index in [1.165, 1.54) is 0 Å². The minimum atomic E-state index is -0.00980. The van der Waals surface area contributed by atoms with E-state index in [-0.39, 0.29) is 5.91 Å². The molecule has 0 spiro atoms. The van der Waals surface area contributed by atoms with Crippen LogP contribution in [0.15, 0.2) is 36.5 Å². The molecule has 0 bridgehead atoms. The number of aromatic nitrogens is 1. The van der Waals surface area contributed by atoms with Gasteiger partial charge in [0.2, 0.25) is 0 Å². The van der Waals surface area contributed by atoms with Gasteiger partial charge in [0.25, 0.3) is 5.91 Å². The Kier molecular flexibility index (Phi) is 4.84. The number of methoxy groups -OCH3 is 1. The van der Waals surface area contributed by atoms with E-state index in [0.29, 0.717) is 55.9 Å². The lowest BCUT2D eigenvalue weighted by Crippen LogP contribution is -2.35. The summed E-state index contributed by atoms with van der Waals surface area (Å²) < 4.78 is 18.9. The highest BCUT2D eigenvalue weighted by atomic mass is 16.6. The van der Waals surface area contributed by atoms with E-state index in [1.807, 2.05) is 29.2 Å². The molecule has 6 heteroatoms. The summed E-state index contributed by atoms with van der Waals surface area (Å²) in [5, 5.41) is 0. The molecule has 0 saturated heterocycles. The molecule has 0 unspecified atom stereocenters. The lowest BCUT2D eigenvalue weighted by molar-refractivity contribution is 0.0695. The number of benzene rings is 1. The number of fused-ring (bicyclic) bond motifs is 2. The predicted molar refractivity (Wildman–Crippen MR) is 96.6 cm³/mol. The van der Waals surface area contributed by atoms with Crippen LogP contribution in [0.25, 0.3) is 0 Å². The van der Waals surface area contributed by atoms with Crippen LogP contribution in [0.4, 0.5) is 0 Å². The van der Waals surface area contributed by atoms with Gasteiger partial charge in [-0.25, -0.2) is 0 Å². The topological polar surface area (TPSA) is 52.9 Å². The summed E-state index contributed by atoms with van der Waals surface area (Å²) in [6, 6.07) is 9.64. The average Bonchev–Trinajstić information content (AvgIpc) is 3.03. The van der Waals surface area contributed by atoms with Crippen molar-refractivity contribution in [2.75, 3.05) is 33.5 Å². The summed E-state index contributed by atoms with van der Waals surface area (Å²) in [6.45, 7) is 3.88. The monoisotopic (exact) mass is 356 g/mol. The molecule has 2 aliphatic heterocycles. The van der Waals surface area contributed by atoms with Crippen LogP contribution in [0, 0.1) is 5.92 Å². The van der Waals surface area contributed by atoms with E-state index in [4.69, 9.17) is 14.2 Å². The van der Waals surface area contributed by atoms with Gasteiger partial charge in [-0.05, 0) is 36.6 Å². The molecule has 6 nitrogen and oxygen atoms in total. The molecule has 1 amide bonds. The number of carbonyl (C=O) groups excluding carboxylic acids is 1. The molecule has 0 N–H and O–H groups in total. The summed E-state index contributed by atoms with van der Waals surface area (Å²) in [7, 11) is 1.72. The summed E-state index contributed by atoms with van der Waals surface area (Å²) in [5.41, 5.74) is 1.73. The van der Waals surface area contributed by atoms with Gasteiger partial charge in [0.15, 0.2) is 11.5 Å². The number of hydrogen-bond acceptors (Lipinski definition) is 4. The molecule has 0 saturated carbocycles. The Balaban J connectivity index is 1.62. The van der Waals surface area contributed by atoms with E-state index in [9.17, 15) is 4.79 Å². The van der Waals surface area contributed by atoms with Crippen molar-refractivity contribution in [3.05, 3.63) is 47.8 Å². The highest BCUT2D eigenvalue weighted by molar-refractivity contribution is 5.97. The normalized spacial score (nSPS) is 19.0. The van der Waals surface area contributed by atoms with Gasteiger partial charge in [-0.3, -0.25) is 4.79 Å². The molecule has 0 aliphatic carbocycles. The van der Waals surface area contributed by atoms with Crippen LogP contribution in [0.3, 0.4) is 0 Å². The molecule has 2 aliphatic rings. The lowest BCUT2D eigenvalue weighted by Gasteiger charge is -2.26. The maximum atomic E-state index is 13.3. The molecule has 1 aromatic carbocycles. The smallest absolute Gasteiger partial charge is 0.258 e. The molecule has 3 heterocycles. The molecule has 2 aromatic rings. The summed E-state index contributed by atoms with van der Waals surface area (Å²) in [4.78, 5) is 15.2. The Morgan fingerprint density at radius 1 is 1.19 bits per heavy atom. The van der Waals surface area contributed by atoms with Crippen LogP contribution in [0.5, 0.6) is 11.5 Å². The third kappa shape index (κ3) is 3.29. The number of para-hydroxylation sites is 1. The van der Waals surface area contributed by atoms with Crippen molar-refractivity contribution in [3.8, 4) is 11.5 Å². The van der Waals surface area contributed by atoms with Gasteiger partial charge in [0, 0.05) is 38.7 Å². The van der Waals surface area contributed by atoms with Crippen LogP contribution in [-0.4, -0.2) is 48.8 Å². The Morgan fingerprint density at radius 2 is 2.08 bits per heavy atom. The zero-order valence-electron chi connectivity index (χ0n) is 15.0. The number of amides is 1. The first-order valence-corrected chi connectivity index (χ1v) is 9.07. The zero-order valence-corrected chi connectivity index (χ0v) is 15.0. The number of hydrogen-bond donors (Lipinski definition) is 0. The fraction of sp³-hybridized carbons (Fsp3) is 0.450. The molecule has 0 fully saturated rings. The molecule has 0 radical (unpaired) electrons. The maximum Gasteiger partial charge on any atom is 0.258 e. The van der Waals surface area contributed by atoms with Crippen molar-refractivity contribution in [1.29, 1.82) is 0 Å². The molecule has 26 heavy (non-hydrogen) atoms. The van der Waals surface area contributed by atoms with Gasteiger partial charge >= 0.3 is 0 Å². The van der Waals surface area contributed by atoms with Crippen molar-refractivity contribution >= 4 is 5.91 Å². The number of rotatable bonds is 4. The van der Waals surface area contributed by atoms with Crippen molar-refractivity contribution in [3.63, 3.8) is 0 Å². The third-order valence-electron chi connectivity index (χ3n) is 5.02. The SMILES string of the molecule is COCC[C@H]1CN(C(=O)c2cccc3c2OCCO3)Cc2cccn2C1. The van der Waals surface area contributed by atoms with Crippen LogP contribution in [-0.2, 0) is 17.8 Å². The van der Waals surface area contributed by atoms with Gasteiger partial charge in [0.1, 0.15) is 13.2 Å². The minimum absolute atomic E-state index is 0.00980. The minimum Gasteiger partial charge on any atom is -0.486 e. The lowest BCUT2D eigenvalue weighted by atomic mass is 10.0. The highest BCUT2D eigenvalue weighted by Crippen LogP contribution is 2.35. The first-order valence-electron chi connectivity index (χ1n) is 9.07. The summed E-state index contributed by atoms with van der Waals surface area (Å²) in [5.74, 6) is 1.56. The van der Waals surface area contributed by atoms with Crippen LogP contribution in [0.2, 0.25) is 0 Å². The van der Waals surface area contributed by atoms with E-state index >= 15 is 0 Å². The largest absolute Gasteiger partial charge is 0.486 e. The maximum absolute atomic E-state index is 13.3. The predicted octanol–water partition coefficient (Wildman–Crippen LogP) is 2.57. The Labute approximate surface area is 153 Å². The van der Waals surface area contributed by atoms with Gasteiger partial charge in [-0.1, -0.05) is 6.07 Å². The molecular weight excluding hydrogens is 332 g/mol. The zero-order chi connectivity index (χ0) is 17.9. The van der Waals surface area contributed by atoms with E-state index < -0.39 is 0 Å². The van der Waals surface area contributed by atoms with E-state index in [1.54, 1.807) is 7.11 Å². The summed E-state index contributed by atoms with van der Waals surface area (Å²) >= 11 is 0. The second-order valence-electron chi connectivity index (χ2n) is 6.81. The molecule has 4 rings (SSSR count). The number of nitrogens with zero attached hydrogens (tertiary/aromatic N) is 2. The second kappa shape index (κ2) is 7.41. The molecule has 1 aromatic heterocycles. The van der Waals surface area contributed by atoms with Gasteiger partial charge < -0.3 is 23.7 Å². The first-order chi connectivity index (χ1) is 12.8. The van der Waals surface area contributed by atoms with Crippen molar-refractivity contribution in [2.45, 2.75) is 19.5 Å². The Hall–Kier alpha value is -2.47. The fourth-order valence-corrected chi connectivity index (χ4v) is 3.71. The molecular formula is C20H24N2O4. The standard InChI is InChI=1S/C20H24N2O4/c1-24-9-7-15-12-21-8-3-4-16(21)14-22(13-15)20(23)17-5-2-6-18-19(17)26-11-10-25-18/h2-6,8,15H,7,9-14H2,1H3/t15-/m1/s1. The average molecular weight is 356 g/mol. The summed E-state index contributed by atoms with van der Waals surface area (Å²) in [6.07, 6.45) is 3.01. The Bertz CT molecular complexity index is 786. The van der Waals surface area contributed by atoms with E-state index in [0.717, 1.165) is 18.7 Å². The quantitative estimate of drug-likeness (QED) is 0.845. The van der Waals surface area contributed by atoms with Crippen LogP contribution < -0.4 is 9.47 Å². The van der Waals surface area contributed by atoms with Crippen molar-refractivity contribution < 1.29 is 19.0 Å². The molecule has 138 valence electrons. The van der Waals surface area contributed by atoms with Crippen molar-refractivity contribution in [1.82, 2.24) is 9.47 Å². The van der Waals surface area contributed by atoms with Gasteiger partial charge in [0.05, 0.1) is 12.1 Å². The van der Waals surface area contributed by atoms with Gasteiger partial charge in [-0.2, -0.15) is 0 Å². The van der Waals surface area contributed by atoms with Crippen LogP contribution in [0.1, 0.15) is 22.5 Å². The van der Waals surface area contributed by atoms with E-state index in [2.05, 4.69) is 16.8 Å². The van der Waals surface area contributed by atoms with Crippen LogP contribution >= 0.6 is 0 Å². The molecule has 1 atom stereocenters. The van der Waals surface area contributed by atoms with Crippen molar-refractivity contribution in [2.24, 2.45) is 5.92 Å². The third-order valence-corrected chi connectivity index (χ3v) is 5.02. The van der Waals surface area contributed by atoms with Gasteiger partial charge in [-0.15, -0.1) is 0 Å². The first kappa shape index (κ1) is 17.0. The second-order valence-corrected chi connectivity index (χ2v) is 6.81.